The zero-order chi connectivity index (χ0) is 15.4. The van der Waals surface area contributed by atoms with Crippen molar-refractivity contribution in [2.75, 3.05) is 6.54 Å². The Labute approximate surface area is 121 Å². The van der Waals surface area contributed by atoms with E-state index >= 15 is 0 Å². The van der Waals surface area contributed by atoms with Gasteiger partial charge in [0.25, 0.3) is 11.5 Å². The van der Waals surface area contributed by atoms with Crippen LogP contribution < -0.4 is 10.9 Å². The zero-order valence-electron chi connectivity index (χ0n) is 11.9. The number of benzene rings is 1. The molecule has 0 bridgehead atoms. The lowest BCUT2D eigenvalue weighted by molar-refractivity contribution is 0.0947. The predicted octanol–water partition coefficient (Wildman–Crippen LogP) is 2.47. The molecular formula is C16H17FN2O2. The van der Waals surface area contributed by atoms with Gasteiger partial charge in [-0.1, -0.05) is 13.0 Å². The van der Waals surface area contributed by atoms with Gasteiger partial charge in [-0.15, -0.1) is 6.58 Å². The van der Waals surface area contributed by atoms with Gasteiger partial charge in [0.05, 0.1) is 0 Å². The molecule has 0 spiro atoms. The Morgan fingerprint density at radius 1 is 1.43 bits per heavy atom. The first-order valence-electron chi connectivity index (χ1n) is 6.80. The normalized spacial score (nSPS) is 10.6. The summed E-state index contributed by atoms with van der Waals surface area (Å²) in [5.41, 5.74) is -0.0418. The Morgan fingerprint density at radius 3 is 2.86 bits per heavy atom. The standard InChI is InChI=1S/C16H17FN2O2/c1-3-7-18-15(20)14-10-11-9-12(17)5-6-13(11)16(21)19(14)8-4-2/h3,5-6,9-10H,1,4,7-8H2,2H3,(H,18,20). The highest BCUT2D eigenvalue weighted by Gasteiger charge is 2.15. The molecule has 2 rings (SSSR count). The SMILES string of the molecule is C=CCNC(=O)c1cc2cc(F)ccc2c(=O)n1CCC. The molecule has 0 radical (unpaired) electrons. The van der Waals surface area contributed by atoms with E-state index in [1.807, 2.05) is 6.92 Å². The van der Waals surface area contributed by atoms with Gasteiger partial charge in [0, 0.05) is 18.5 Å². The number of carbonyl (C=O) groups excluding carboxylic acids is 1. The summed E-state index contributed by atoms with van der Waals surface area (Å²) < 4.78 is 14.8. The molecule has 0 aliphatic carbocycles. The molecule has 1 heterocycles. The van der Waals surface area contributed by atoms with Crippen molar-refractivity contribution in [2.45, 2.75) is 19.9 Å². The van der Waals surface area contributed by atoms with Gasteiger partial charge in [-0.25, -0.2) is 4.39 Å². The Hall–Kier alpha value is -2.43. The molecule has 1 amide bonds. The molecule has 2 aromatic rings. The third-order valence-electron chi connectivity index (χ3n) is 3.16. The van der Waals surface area contributed by atoms with Gasteiger partial charge in [-0.3, -0.25) is 9.59 Å². The Balaban J connectivity index is 2.65. The second-order valence-electron chi connectivity index (χ2n) is 4.72. The number of rotatable bonds is 5. The molecule has 5 heteroatoms. The molecule has 1 N–H and O–H groups in total. The Morgan fingerprint density at radius 2 is 2.19 bits per heavy atom. The minimum atomic E-state index is -0.437. The molecule has 4 nitrogen and oxygen atoms in total. The summed E-state index contributed by atoms with van der Waals surface area (Å²) in [6, 6.07) is 5.51. The largest absolute Gasteiger partial charge is 0.347 e. The number of hydrogen-bond donors (Lipinski definition) is 1. The summed E-state index contributed by atoms with van der Waals surface area (Å²) in [6.45, 7) is 6.19. The van der Waals surface area contributed by atoms with Gasteiger partial charge in [0.15, 0.2) is 0 Å². The van der Waals surface area contributed by atoms with Crippen molar-refractivity contribution in [1.82, 2.24) is 9.88 Å². The van der Waals surface area contributed by atoms with Gasteiger partial charge in [-0.2, -0.15) is 0 Å². The summed E-state index contributed by atoms with van der Waals surface area (Å²) in [6.07, 6.45) is 2.27. The highest BCUT2D eigenvalue weighted by molar-refractivity contribution is 5.96. The van der Waals surface area contributed by atoms with Crippen molar-refractivity contribution < 1.29 is 9.18 Å². The monoisotopic (exact) mass is 288 g/mol. The molecule has 0 aliphatic rings. The number of aromatic nitrogens is 1. The minimum absolute atomic E-state index is 0.238. The van der Waals surface area contributed by atoms with Crippen LogP contribution in [-0.4, -0.2) is 17.0 Å². The topological polar surface area (TPSA) is 51.1 Å². The van der Waals surface area contributed by atoms with Crippen LogP contribution in [-0.2, 0) is 6.54 Å². The number of halogens is 1. The van der Waals surface area contributed by atoms with Crippen LogP contribution in [0, 0.1) is 5.82 Å². The van der Waals surface area contributed by atoms with E-state index in [2.05, 4.69) is 11.9 Å². The number of hydrogen-bond acceptors (Lipinski definition) is 2. The number of amides is 1. The lowest BCUT2D eigenvalue weighted by atomic mass is 10.1. The number of carbonyl (C=O) groups is 1. The maximum atomic E-state index is 13.3. The zero-order valence-corrected chi connectivity index (χ0v) is 11.9. The maximum absolute atomic E-state index is 13.3. The quantitative estimate of drug-likeness (QED) is 0.859. The second kappa shape index (κ2) is 6.35. The predicted molar refractivity (Wildman–Crippen MR) is 81.0 cm³/mol. The van der Waals surface area contributed by atoms with Gasteiger partial charge in [0.2, 0.25) is 0 Å². The fourth-order valence-electron chi connectivity index (χ4n) is 2.22. The summed E-state index contributed by atoms with van der Waals surface area (Å²) >= 11 is 0. The van der Waals surface area contributed by atoms with Crippen molar-refractivity contribution in [1.29, 1.82) is 0 Å². The molecule has 0 unspecified atom stereocenters. The van der Waals surface area contributed by atoms with E-state index in [1.54, 1.807) is 12.1 Å². The van der Waals surface area contributed by atoms with Gasteiger partial charge >= 0.3 is 0 Å². The van der Waals surface area contributed by atoms with E-state index in [0.717, 1.165) is 0 Å². The average molecular weight is 288 g/mol. The molecule has 21 heavy (non-hydrogen) atoms. The first-order chi connectivity index (χ1) is 10.1. The summed E-state index contributed by atoms with van der Waals surface area (Å²) in [7, 11) is 0. The van der Waals surface area contributed by atoms with Gasteiger partial charge < -0.3 is 9.88 Å². The highest BCUT2D eigenvalue weighted by atomic mass is 19.1. The van der Waals surface area contributed by atoms with Crippen LogP contribution in [0.15, 0.2) is 41.7 Å². The number of fused-ring (bicyclic) bond motifs is 1. The fraction of sp³-hybridized carbons (Fsp3) is 0.250. The maximum Gasteiger partial charge on any atom is 0.268 e. The first-order valence-corrected chi connectivity index (χ1v) is 6.80. The Kier molecular flexibility index (Phi) is 4.52. The molecule has 110 valence electrons. The average Bonchev–Trinajstić information content (AvgIpc) is 2.47. The Bertz CT molecular complexity index is 750. The third kappa shape index (κ3) is 3.02. The first kappa shape index (κ1) is 15.0. The molecule has 0 aliphatic heterocycles. The smallest absolute Gasteiger partial charge is 0.268 e. The molecule has 1 aromatic carbocycles. The molecule has 0 saturated heterocycles. The van der Waals surface area contributed by atoms with Crippen molar-refractivity contribution >= 4 is 16.7 Å². The van der Waals surface area contributed by atoms with Crippen LogP contribution >= 0.6 is 0 Å². The van der Waals surface area contributed by atoms with E-state index in [0.29, 0.717) is 30.3 Å². The third-order valence-corrected chi connectivity index (χ3v) is 3.16. The van der Waals surface area contributed by atoms with E-state index < -0.39 is 5.82 Å². The van der Waals surface area contributed by atoms with Crippen LogP contribution in [0.4, 0.5) is 4.39 Å². The lowest BCUT2D eigenvalue weighted by Gasteiger charge is -2.13. The van der Waals surface area contributed by atoms with Crippen molar-refractivity contribution in [3.8, 4) is 0 Å². The molecular weight excluding hydrogens is 271 g/mol. The van der Waals surface area contributed by atoms with Crippen LogP contribution in [0.1, 0.15) is 23.8 Å². The molecule has 0 atom stereocenters. The van der Waals surface area contributed by atoms with Crippen LogP contribution in [0.25, 0.3) is 10.8 Å². The van der Waals surface area contributed by atoms with E-state index in [-0.39, 0.29) is 17.2 Å². The number of nitrogens with zero attached hydrogens (tertiary/aromatic N) is 1. The van der Waals surface area contributed by atoms with Crippen molar-refractivity contribution in [2.24, 2.45) is 0 Å². The highest BCUT2D eigenvalue weighted by Crippen LogP contribution is 2.14. The number of pyridine rings is 1. The summed E-state index contributed by atoms with van der Waals surface area (Å²) in [5.74, 6) is -0.806. The molecule has 0 saturated carbocycles. The molecule has 1 aromatic heterocycles. The van der Waals surface area contributed by atoms with Crippen LogP contribution in [0.3, 0.4) is 0 Å². The van der Waals surface area contributed by atoms with E-state index in [1.165, 1.54) is 22.8 Å². The van der Waals surface area contributed by atoms with Gasteiger partial charge in [-0.05, 0) is 36.1 Å². The summed E-state index contributed by atoms with van der Waals surface area (Å²) in [5, 5.41) is 3.48. The van der Waals surface area contributed by atoms with E-state index in [4.69, 9.17) is 0 Å². The van der Waals surface area contributed by atoms with Gasteiger partial charge in [0.1, 0.15) is 11.5 Å². The fourth-order valence-corrected chi connectivity index (χ4v) is 2.22. The van der Waals surface area contributed by atoms with Crippen molar-refractivity contribution in [3.05, 3.63) is 58.8 Å². The van der Waals surface area contributed by atoms with Crippen LogP contribution in [0.5, 0.6) is 0 Å². The van der Waals surface area contributed by atoms with Crippen molar-refractivity contribution in [3.63, 3.8) is 0 Å². The van der Waals surface area contributed by atoms with Crippen LogP contribution in [0.2, 0.25) is 0 Å². The summed E-state index contributed by atoms with van der Waals surface area (Å²) in [4.78, 5) is 24.6. The lowest BCUT2D eigenvalue weighted by Crippen LogP contribution is -2.32. The molecule has 0 fully saturated rings. The minimum Gasteiger partial charge on any atom is -0.347 e. The van der Waals surface area contributed by atoms with E-state index in [9.17, 15) is 14.0 Å². The second-order valence-corrected chi connectivity index (χ2v) is 4.72. The number of nitrogens with one attached hydrogen (secondary N) is 1.